The van der Waals surface area contributed by atoms with Crippen molar-refractivity contribution in [3.05, 3.63) is 52.5 Å². The number of carbonyl (C=O) groups is 1. The van der Waals surface area contributed by atoms with Crippen LogP contribution in [0.25, 0.3) is 0 Å². The number of nitrogens with one attached hydrogen (secondary N) is 1. The van der Waals surface area contributed by atoms with E-state index in [0.717, 1.165) is 11.3 Å². The summed E-state index contributed by atoms with van der Waals surface area (Å²) in [6.45, 7) is 1.93. The van der Waals surface area contributed by atoms with E-state index in [2.05, 4.69) is 5.32 Å². The normalized spacial score (nSPS) is 10.2. The second-order valence-corrected chi connectivity index (χ2v) is 4.79. The van der Waals surface area contributed by atoms with Gasteiger partial charge in [-0.25, -0.2) is 4.79 Å². The van der Waals surface area contributed by atoms with E-state index in [1.54, 1.807) is 24.3 Å². The van der Waals surface area contributed by atoms with E-state index >= 15 is 0 Å². The number of hydrogen-bond donors (Lipinski definition) is 2. The molecule has 3 N–H and O–H groups in total. The zero-order valence-electron chi connectivity index (χ0n) is 11.2. The summed E-state index contributed by atoms with van der Waals surface area (Å²) in [4.78, 5) is 11.8. The average Bonchev–Trinajstić information content (AvgIpc) is 2.44. The lowest BCUT2D eigenvalue weighted by Gasteiger charge is -2.12. The average molecular weight is 291 g/mol. The van der Waals surface area contributed by atoms with Crippen LogP contribution < -0.4 is 11.1 Å². The fourth-order valence-corrected chi connectivity index (χ4v) is 1.96. The zero-order chi connectivity index (χ0) is 14.7. The maximum atomic E-state index is 11.8. The van der Waals surface area contributed by atoms with Crippen LogP contribution >= 0.6 is 11.6 Å². The van der Waals surface area contributed by atoms with E-state index in [-0.39, 0.29) is 0 Å². The van der Waals surface area contributed by atoms with E-state index in [4.69, 9.17) is 22.1 Å². The fourth-order valence-electron chi connectivity index (χ4n) is 1.78. The monoisotopic (exact) mass is 290 g/mol. The highest BCUT2D eigenvalue weighted by atomic mass is 35.5. The number of anilines is 3. The van der Waals surface area contributed by atoms with Crippen molar-refractivity contribution < 1.29 is 9.53 Å². The highest BCUT2D eigenvalue weighted by Crippen LogP contribution is 2.26. The van der Waals surface area contributed by atoms with Gasteiger partial charge in [-0.3, -0.25) is 0 Å². The fraction of sp³-hybridized carbons (Fsp3) is 0.133. The number of benzene rings is 2. The van der Waals surface area contributed by atoms with E-state index < -0.39 is 5.97 Å². The van der Waals surface area contributed by atoms with E-state index in [1.165, 1.54) is 7.11 Å². The first-order valence-electron chi connectivity index (χ1n) is 6.02. The highest BCUT2D eigenvalue weighted by Gasteiger charge is 2.12. The molecule has 2 aromatic carbocycles. The molecule has 0 atom stereocenters. The van der Waals surface area contributed by atoms with Crippen molar-refractivity contribution >= 4 is 34.6 Å². The van der Waals surface area contributed by atoms with Crippen molar-refractivity contribution in [2.45, 2.75) is 6.92 Å². The van der Waals surface area contributed by atoms with E-state index in [9.17, 15) is 4.79 Å². The van der Waals surface area contributed by atoms with Gasteiger partial charge in [0.15, 0.2) is 0 Å². The van der Waals surface area contributed by atoms with E-state index in [1.807, 2.05) is 19.1 Å². The molecule has 5 heteroatoms. The Morgan fingerprint density at radius 1 is 1.25 bits per heavy atom. The van der Waals surface area contributed by atoms with Crippen LogP contribution in [0.3, 0.4) is 0 Å². The minimum atomic E-state index is -0.446. The minimum Gasteiger partial charge on any atom is -0.465 e. The van der Waals surface area contributed by atoms with Crippen LogP contribution in [0, 0.1) is 6.92 Å². The summed E-state index contributed by atoms with van der Waals surface area (Å²) in [6, 6.07) is 10.6. The Bertz CT molecular complexity index is 656. The molecule has 0 aliphatic carbocycles. The zero-order valence-corrected chi connectivity index (χ0v) is 12.0. The van der Waals surface area contributed by atoms with Gasteiger partial charge in [-0.2, -0.15) is 0 Å². The SMILES string of the molecule is COC(=O)c1cc(N)ccc1Nc1ccc(C)c(Cl)c1. The standard InChI is InChI=1S/C15H15ClN2O2/c1-9-3-5-11(8-13(9)16)18-14-6-4-10(17)7-12(14)15(19)20-2/h3-8,18H,17H2,1-2H3. The van der Waals surface area contributed by atoms with Gasteiger partial charge in [0.2, 0.25) is 0 Å². The number of hydrogen-bond acceptors (Lipinski definition) is 4. The first kappa shape index (κ1) is 14.2. The Labute approximate surface area is 122 Å². The number of rotatable bonds is 3. The third kappa shape index (κ3) is 3.03. The number of esters is 1. The number of aryl methyl sites for hydroxylation is 1. The van der Waals surface area contributed by atoms with Gasteiger partial charge in [-0.1, -0.05) is 17.7 Å². The Hall–Kier alpha value is -2.20. The van der Waals surface area contributed by atoms with Gasteiger partial charge in [-0.05, 0) is 42.8 Å². The van der Waals surface area contributed by atoms with Gasteiger partial charge in [0.25, 0.3) is 0 Å². The highest BCUT2D eigenvalue weighted by molar-refractivity contribution is 6.31. The third-order valence-electron chi connectivity index (χ3n) is 2.90. The van der Waals surface area contributed by atoms with Gasteiger partial charge in [0.1, 0.15) is 0 Å². The lowest BCUT2D eigenvalue weighted by Crippen LogP contribution is -2.06. The molecular formula is C15H15ClN2O2. The molecular weight excluding hydrogens is 276 g/mol. The summed E-state index contributed by atoms with van der Waals surface area (Å²) in [5.74, 6) is -0.446. The summed E-state index contributed by atoms with van der Waals surface area (Å²) in [5.41, 5.74) is 8.97. The van der Waals surface area contributed by atoms with Crippen molar-refractivity contribution in [2.75, 3.05) is 18.2 Å². The van der Waals surface area contributed by atoms with Crippen LogP contribution in [0.5, 0.6) is 0 Å². The molecule has 2 rings (SSSR count). The number of ether oxygens (including phenoxy) is 1. The largest absolute Gasteiger partial charge is 0.465 e. The van der Waals surface area contributed by atoms with Crippen LogP contribution in [0.2, 0.25) is 5.02 Å². The van der Waals surface area contributed by atoms with Crippen LogP contribution in [-0.2, 0) is 4.74 Å². The molecule has 0 radical (unpaired) electrons. The number of carbonyl (C=O) groups excluding carboxylic acids is 1. The molecule has 20 heavy (non-hydrogen) atoms. The summed E-state index contributed by atoms with van der Waals surface area (Å²) < 4.78 is 4.75. The van der Waals surface area contributed by atoms with Crippen molar-refractivity contribution in [1.82, 2.24) is 0 Å². The number of nitrogens with two attached hydrogens (primary N) is 1. The van der Waals surface area contributed by atoms with Crippen molar-refractivity contribution in [3.8, 4) is 0 Å². The van der Waals surface area contributed by atoms with Crippen molar-refractivity contribution in [1.29, 1.82) is 0 Å². The quantitative estimate of drug-likeness (QED) is 0.667. The van der Waals surface area contributed by atoms with Gasteiger partial charge in [-0.15, -0.1) is 0 Å². The Morgan fingerprint density at radius 3 is 2.65 bits per heavy atom. The molecule has 104 valence electrons. The topological polar surface area (TPSA) is 64.3 Å². The molecule has 0 saturated heterocycles. The van der Waals surface area contributed by atoms with Gasteiger partial charge in [0, 0.05) is 16.4 Å². The molecule has 0 heterocycles. The maximum absolute atomic E-state index is 11.8. The lowest BCUT2D eigenvalue weighted by atomic mass is 10.1. The minimum absolute atomic E-state index is 0.379. The van der Waals surface area contributed by atoms with Crippen LogP contribution in [0.1, 0.15) is 15.9 Å². The van der Waals surface area contributed by atoms with Crippen LogP contribution in [0.15, 0.2) is 36.4 Å². The van der Waals surface area contributed by atoms with Crippen LogP contribution in [-0.4, -0.2) is 13.1 Å². The first-order valence-corrected chi connectivity index (χ1v) is 6.40. The molecule has 2 aromatic rings. The molecule has 0 bridgehead atoms. The molecule has 0 aliphatic heterocycles. The number of methoxy groups -OCH3 is 1. The lowest BCUT2D eigenvalue weighted by molar-refractivity contribution is 0.0602. The maximum Gasteiger partial charge on any atom is 0.340 e. The van der Waals surface area contributed by atoms with Crippen molar-refractivity contribution in [3.63, 3.8) is 0 Å². The van der Waals surface area contributed by atoms with Gasteiger partial charge in [0.05, 0.1) is 18.4 Å². The molecule has 0 saturated carbocycles. The predicted molar refractivity (Wildman–Crippen MR) is 81.7 cm³/mol. The van der Waals surface area contributed by atoms with Crippen molar-refractivity contribution in [2.24, 2.45) is 0 Å². The van der Waals surface area contributed by atoms with E-state index in [0.29, 0.717) is 22.0 Å². The second kappa shape index (κ2) is 5.84. The predicted octanol–water partition coefficient (Wildman–Crippen LogP) is 3.76. The Balaban J connectivity index is 2.37. The van der Waals surface area contributed by atoms with Crippen LogP contribution in [0.4, 0.5) is 17.1 Å². The summed E-state index contributed by atoms with van der Waals surface area (Å²) >= 11 is 6.08. The Morgan fingerprint density at radius 2 is 2.00 bits per heavy atom. The first-order chi connectivity index (χ1) is 9.51. The third-order valence-corrected chi connectivity index (χ3v) is 3.31. The van der Waals surface area contributed by atoms with Gasteiger partial charge >= 0.3 is 5.97 Å². The molecule has 0 aliphatic rings. The van der Waals surface area contributed by atoms with Gasteiger partial charge < -0.3 is 15.8 Å². The number of nitrogen functional groups attached to an aromatic ring is 1. The summed E-state index contributed by atoms with van der Waals surface area (Å²) in [5, 5.41) is 3.80. The Kier molecular flexibility index (Phi) is 4.15. The molecule has 0 aromatic heterocycles. The molecule has 0 spiro atoms. The molecule has 4 nitrogen and oxygen atoms in total. The summed E-state index contributed by atoms with van der Waals surface area (Å²) in [7, 11) is 1.33. The molecule has 0 fully saturated rings. The number of halogens is 1. The summed E-state index contributed by atoms with van der Waals surface area (Å²) in [6.07, 6.45) is 0. The smallest absolute Gasteiger partial charge is 0.340 e. The molecule has 0 unspecified atom stereocenters. The molecule has 0 amide bonds. The second-order valence-electron chi connectivity index (χ2n) is 4.39.